The molecule has 31 heavy (non-hydrogen) atoms. The number of rotatable bonds is 6. The van der Waals surface area contributed by atoms with E-state index in [-0.39, 0.29) is 5.91 Å². The van der Waals surface area contributed by atoms with Gasteiger partial charge in [-0.05, 0) is 48.0 Å². The van der Waals surface area contributed by atoms with Gasteiger partial charge in [0.15, 0.2) is 5.13 Å². The molecule has 4 rings (SSSR count). The van der Waals surface area contributed by atoms with Crippen molar-refractivity contribution in [3.8, 4) is 11.3 Å². The standard InChI is InChI=1S/C23H17Cl2N3OS2/c24-15-6-11-18(19(25)12-15)20-13-30-23(27-20)28-22(29)21(14-4-2-1-3-5-14)31-17-9-7-16(26)8-10-17/h1-13,21H,26H2,(H,27,28,29). The van der Waals surface area contributed by atoms with Crippen LogP contribution in [0.4, 0.5) is 10.8 Å². The van der Waals surface area contributed by atoms with Crippen LogP contribution in [0.2, 0.25) is 10.0 Å². The fourth-order valence-corrected chi connectivity index (χ4v) is 5.15. The summed E-state index contributed by atoms with van der Waals surface area (Å²) in [5, 5.41) is 5.93. The number of nitrogen functional groups attached to an aromatic ring is 1. The van der Waals surface area contributed by atoms with E-state index in [0.29, 0.717) is 26.6 Å². The largest absolute Gasteiger partial charge is 0.399 e. The van der Waals surface area contributed by atoms with Gasteiger partial charge in [-0.3, -0.25) is 4.79 Å². The van der Waals surface area contributed by atoms with Crippen molar-refractivity contribution >= 4 is 63.0 Å². The molecule has 1 unspecified atom stereocenters. The number of amides is 1. The lowest BCUT2D eigenvalue weighted by atomic mass is 10.1. The van der Waals surface area contributed by atoms with Gasteiger partial charge in [0.25, 0.3) is 0 Å². The quantitative estimate of drug-likeness (QED) is 0.224. The number of carbonyl (C=O) groups excluding carboxylic acids is 1. The van der Waals surface area contributed by atoms with Crippen molar-refractivity contribution in [1.29, 1.82) is 0 Å². The minimum absolute atomic E-state index is 0.156. The van der Waals surface area contributed by atoms with Crippen LogP contribution >= 0.6 is 46.3 Å². The summed E-state index contributed by atoms with van der Waals surface area (Å²) < 4.78 is 0. The number of nitrogens with zero attached hydrogens (tertiary/aromatic N) is 1. The summed E-state index contributed by atoms with van der Waals surface area (Å²) >= 11 is 15.1. The van der Waals surface area contributed by atoms with Crippen LogP contribution in [0.15, 0.2) is 83.1 Å². The molecule has 4 nitrogen and oxygen atoms in total. The molecular weight excluding hydrogens is 469 g/mol. The van der Waals surface area contributed by atoms with Crippen LogP contribution in [-0.4, -0.2) is 10.9 Å². The first-order valence-electron chi connectivity index (χ1n) is 9.28. The van der Waals surface area contributed by atoms with Gasteiger partial charge in [-0.25, -0.2) is 4.98 Å². The van der Waals surface area contributed by atoms with Gasteiger partial charge >= 0.3 is 0 Å². The van der Waals surface area contributed by atoms with Crippen molar-refractivity contribution in [1.82, 2.24) is 4.98 Å². The summed E-state index contributed by atoms with van der Waals surface area (Å²) in [6, 6.07) is 22.4. The van der Waals surface area contributed by atoms with Crippen molar-refractivity contribution in [3.63, 3.8) is 0 Å². The van der Waals surface area contributed by atoms with Crippen LogP contribution in [0.3, 0.4) is 0 Å². The third-order valence-corrected chi connectivity index (χ3v) is 6.99. The lowest BCUT2D eigenvalue weighted by Gasteiger charge is -2.16. The van der Waals surface area contributed by atoms with Crippen LogP contribution in [-0.2, 0) is 4.79 Å². The Kier molecular flexibility index (Phi) is 6.83. The fourth-order valence-electron chi connectivity index (χ4n) is 2.91. The molecule has 0 bridgehead atoms. The van der Waals surface area contributed by atoms with Crippen LogP contribution in [0.1, 0.15) is 10.8 Å². The van der Waals surface area contributed by atoms with Crippen molar-refractivity contribution < 1.29 is 4.79 Å². The third kappa shape index (κ3) is 5.40. The molecular formula is C23H17Cl2N3OS2. The summed E-state index contributed by atoms with van der Waals surface area (Å²) in [5.74, 6) is -0.156. The summed E-state index contributed by atoms with van der Waals surface area (Å²) in [7, 11) is 0. The molecule has 1 atom stereocenters. The monoisotopic (exact) mass is 485 g/mol. The Morgan fingerprint density at radius 3 is 2.48 bits per heavy atom. The Balaban J connectivity index is 1.56. The zero-order valence-electron chi connectivity index (χ0n) is 16.1. The highest BCUT2D eigenvalue weighted by Gasteiger charge is 2.23. The number of carbonyl (C=O) groups is 1. The van der Waals surface area contributed by atoms with E-state index in [0.717, 1.165) is 16.0 Å². The van der Waals surface area contributed by atoms with Gasteiger partial charge in [-0.1, -0.05) is 53.5 Å². The summed E-state index contributed by atoms with van der Waals surface area (Å²) in [6.07, 6.45) is 0. The van der Waals surface area contributed by atoms with Crippen molar-refractivity contribution in [3.05, 3.63) is 93.8 Å². The topological polar surface area (TPSA) is 68.0 Å². The number of thioether (sulfide) groups is 1. The van der Waals surface area contributed by atoms with E-state index in [4.69, 9.17) is 28.9 Å². The highest BCUT2D eigenvalue weighted by atomic mass is 35.5. The molecule has 1 aromatic heterocycles. The van der Waals surface area contributed by atoms with Crippen molar-refractivity contribution in [2.75, 3.05) is 11.1 Å². The van der Waals surface area contributed by atoms with Crippen LogP contribution in [0.5, 0.6) is 0 Å². The van der Waals surface area contributed by atoms with E-state index in [1.54, 1.807) is 12.1 Å². The van der Waals surface area contributed by atoms with Gasteiger partial charge in [0.05, 0.1) is 10.7 Å². The average Bonchev–Trinajstić information content (AvgIpc) is 3.22. The van der Waals surface area contributed by atoms with Crippen molar-refractivity contribution in [2.24, 2.45) is 0 Å². The minimum atomic E-state index is -0.448. The molecule has 4 aromatic rings. The third-order valence-electron chi connectivity index (χ3n) is 4.42. The molecule has 1 heterocycles. The number of thiazole rings is 1. The second-order valence-electron chi connectivity index (χ2n) is 6.63. The Morgan fingerprint density at radius 1 is 1.03 bits per heavy atom. The van der Waals surface area contributed by atoms with E-state index >= 15 is 0 Å². The number of hydrogen-bond acceptors (Lipinski definition) is 5. The second kappa shape index (κ2) is 9.75. The van der Waals surface area contributed by atoms with Gasteiger partial charge in [0.2, 0.25) is 5.91 Å². The van der Waals surface area contributed by atoms with Gasteiger partial charge in [0, 0.05) is 26.5 Å². The van der Waals surface area contributed by atoms with Gasteiger partial charge < -0.3 is 11.1 Å². The van der Waals surface area contributed by atoms with E-state index in [1.807, 2.05) is 66.0 Å². The summed E-state index contributed by atoms with van der Waals surface area (Å²) in [5.41, 5.74) is 8.82. The second-order valence-corrected chi connectivity index (χ2v) is 9.51. The molecule has 0 radical (unpaired) electrons. The van der Waals surface area contributed by atoms with Gasteiger partial charge in [0.1, 0.15) is 5.25 Å². The molecule has 3 N–H and O–H groups in total. The molecule has 1 amide bonds. The van der Waals surface area contributed by atoms with Gasteiger partial charge in [-0.15, -0.1) is 23.1 Å². The molecule has 0 aliphatic rings. The summed E-state index contributed by atoms with van der Waals surface area (Å²) in [6.45, 7) is 0. The van der Waals surface area contributed by atoms with Crippen LogP contribution in [0.25, 0.3) is 11.3 Å². The van der Waals surface area contributed by atoms with E-state index in [9.17, 15) is 4.79 Å². The fraction of sp³-hybridized carbons (Fsp3) is 0.0435. The zero-order chi connectivity index (χ0) is 21.8. The number of nitrogens with one attached hydrogen (secondary N) is 1. The smallest absolute Gasteiger partial charge is 0.244 e. The Bertz CT molecular complexity index is 1200. The molecule has 0 aliphatic heterocycles. The number of halogens is 2. The molecule has 0 aliphatic carbocycles. The normalized spacial score (nSPS) is 11.8. The SMILES string of the molecule is Nc1ccc(SC(C(=O)Nc2nc(-c3ccc(Cl)cc3Cl)cs2)c2ccccc2)cc1. The molecule has 156 valence electrons. The first kappa shape index (κ1) is 21.7. The van der Waals surface area contributed by atoms with Crippen LogP contribution < -0.4 is 11.1 Å². The predicted octanol–water partition coefficient (Wildman–Crippen LogP) is 7.17. The number of nitrogens with two attached hydrogens (primary N) is 1. The first-order chi connectivity index (χ1) is 15.0. The number of aromatic nitrogens is 1. The molecule has 0 fully saturated rings. The summed E-state index contributed by atoms with van der Waals surface area (Å²) in [4.78, 5) is 18.7. The predicted molar refractivity (Wildman–Crippen MR) is 132 cm³/mol. The van der Waals surface area contributed by atoms with Crippen LogP contribution in [0, 0.1) is 0 Å². The minimum Gasteiger partial charge on any atom is -0.399 e. The maximum absolute atomic E-state index is 13.2. The molecule has 8 heteroatoms. The van der Waals surface area contributed by atoms with Crippen molar-refractivity contribution in [2.45, 2.75) is 10.1 Å². The van der Waals surface area contributed by atoms with E-state index in [1.165, 1.54) is 23.1 Å². The highest BCUT2D eigenvalue weighted by Crippen LogP contribution is 2.37. The lowest BCUT2D eigenvalue weighted by Crippen LogP contribution is -2.18. The molecule has 0 spiro atoms. The molecule has 3 aromatic carbocycles. The lowest BCUT2D eigenvalue weighted by molar-refractivity contribution is -0.115. The number of anilines is 2. The number of benzene rings is 3. The average molecular weight is 486 g/mol. The Labute approximate surface area is 198 Å². The number of hydrogen-bond donors (Lipinski definition) is 2. The van der Waals surface area contributed by atoms with E-state index < -0.39 is 5.25 Å². The molecule has 0 saturated heterocycles. The van der Waals surface area contributed by atoms with Gasteiger partial charge in [-0.2, -0.15) is 0 Å². The zero-order valence-corrected chi connectivity index (χ0v) is 19.2. The Hall–Kier alpha value is -2.51. The van der Waals surface area contributed by atoms with E-state index in [2.05, 4.69) is 10.3 Å². The maximum atomic E-state index is 13.2. The Morgan fingerprint density at radius 2 is 1.77 bits per heavy atom. The maximum Gasteiger partial charge on any atom is 0.244 e. The molecule has 0 saturated carbocycles. The highest BCUT2D eigenvalue weighted by molar-refractivity contribution is 8.00. The first-order valence-corrected chi connectivity index (χ1v) is 11.8.